The number of ether oxygens (including phenoxy) is 2. The first kappa shape index (κ1) is 30.7. The maximum absolute atomic E-state index is 13.6. The number of carbonyl (C=O) groups excluding carboxylic acids is 2. The second kappa shape index (κ2) is 10.0. The highest BCUT2D eigenvalue weighted by molar-refractivity contribution is 5.95. The Morgan fingerprint density at radius 3 is 2.43 bits per heavy atom. The van der Waals surface area contributed by atoms with E-state index in [1.807, 2.05) is 41.7 Å². The summed E-state index contributed by atoms with van der Waals surface area (Å²) in [4.78, 5) is 28.4. The monoisotopic (exact) mass is 629 g/mol. The molecule has 11 heteroatoms. The van der Waals surface area contributed by atoms with Crippen LogP contribution in [0.1, 0.15) is 93.3 Å². The first-order valence-electron chi connectivity index (χ1n) is 16.3. The number of benzene rings is 2. The van der Waals surface area contributed by atoms with Crippen LogP contribution in [-0.2, 0) is 9.47 Å². The van der Waals surface area contributed by atoms with Crippen molar-refractivity contribution < 1.29 is 29.3 Å². The molecule has 1 saturated heterocycles. The smallest absolute Gasteiger partial charge is 0.289 e. The number of hydrogen-bond donors (Lipinski definition) is 3. The number of nitrogens with zero attached hydrogens (tertiary/aromatic N) is 4. The van der Waals surface area contributed by atoms with Crippen LogP contribution in [0.5, 0.6) is 11.5 Å². The zero-order valence-corrected chi connectivity index (χ0v) is 27.5. The summed E-state index contributed by atoms with van der Waals surface area (Å²) in [5, 5.41) is 32.4. The van der Waals surface area contributed by atoms with Gasteiger partial charge < -0.3 is 29.9 Å². The highest BCUT2D eigenvalue weighted by Gasteiger charge is 2.95. The van der Waals surface area contributed by atoms with Crippen LogP contribution >= 0.6 is 0 Å². The van der Waals surface area contributed by atoms with E-state index in [0.717, 1.165) is 18.8 Å². The van der Waals surface area contributed by atoms with E-state index in [4.69, 9.17) is 9.47 Å². The Labute approximate surface area is 268 Å². The lowest BCUT2D eigenvalue weighted by molar-refractivity contribution is -0.437. The number of phenols is 2. The number of phenolic OH excluding ortho intramolecular Hbond substituents is 2. The number of fused-ring (bicyclic) bond motifs is 1. The molecule has 11 nitrogen and oxygen atoms in total. The van der Waals surface area contributed by atoms with Crippen molar-refractivity contribution in [1.82, 2.24) is 25.0 Å². The number of carbonyl (C=O) groups is 2. The molecule has 46 heavy (non-hydrogen) atoms. The van der Waals surface area contributed by atoms with Crippen LogP contribution in [0.3, 0.4) is 0 Å². The van der Waals surface area contributed by atoms with Crippen LogP contribution in [0, 0.1) is 17.3 Å². The SMILES string of the molecule is CCNC(=O)c1nnc(-c2cc(C(C)C)c(O)cc2O)n1-c1ccc(C(=O)N(C)CCC23OC(C)(C)OC24CC2CC3C24C)cc1. The third-order valence-corrected chi connectivity index (χ3v) is 11.3. The summed E-state index contributed by atoms with van der Waals surface area (Å²) in [6.45, 7) is 12.9. The summed E-state index contributed by atoms with van der Waals surface area (Å²) in [6, 6.07) is 9.85. The maximum atomic E-state index is 13.6. The highest BCUT2D eigenvalue weighted by Crippen LogP contribution is 2.89. The van der Waals surface area contributed by atoms with Crippen LogP contribution in [0.2, 0.25) is 0 Å². The van der Waals surface area contributed by atoms with E-state index in [2.05, 4.69) is 22.4 Å². The first-order valence-corrected chi connectivity index (χ1v) is 16.3. The highest BCUT2D eigenvalue weighted by atomic mass is 16.8. The third kappa shape index (κ3) is 3.90. The average Bonchev–Trinajstić information content (AvgIpc) is 3.55. The normalized spacial score (nSPS) is 29.7. The van der Waals surface area contributed by atoms with Gasteiger partial charge in [-0.05, 0) is 93.7 Å². The number of amides is 2. The predicted octanol–water partition coefficient (Wildman–Crippen LogP) is 5.00. The zero-order chi connectivity index (χ0) is 33.0. The molecule has 5 atom stereocenters. The minimum Gasteiger partial charge on any atom is -0.508 e. The second-order valence-corrected chi connectivity index (χ2v) is 14.4. The standard InChI is InChI=1S/C35H43N5O6/c1-8-36-30(43)29-38-37-28(24-16-23(19(2)3)25(41)17-26(24)42)40(29)22-11-9-20(10-12-22)31(44)39(7)14-13-34-27-15-21-18-35(34,33(21,27)6)46-32(4,5)45-34/h9-12,16-17,19,21,27,41-42H,8,13-15,18H2,1-7H3,(H,36,43). The molecule has 0 radical (unpaired) electrons. The summed E-state index contributed by atoms with van der Waals surface area (Å²) in [5.74, 6) is 0.00113. The molecule has 4 aliphatic rings. The summed E-state index contributed by atoms with van der Waals surface area (Å²) >= 11 is 0. The van der Waals surface area contributed by atoms with E-state index in [9.17, 15) is 19.8 Å². The Morgan fingerprint density at radius 2 is 1.80 bits per heavy atom. The van der Waals surface area contributed by atoms with Crippen molar-refractivity contribution in [3.63, 3.8) is 0 Å². The fourth-order valence-electron chi connectivity index (χ4n) is 9.18. The van der Waals surface area contributed by atoms with Crippen LogP contribution in [-0.4, -0.2) is 78.8 Å². The van der Waals surface area contributed by atoms with Gasteiger partial charge in [-0.1, -0.05) is 20.8 Å². The van der Waals surface area contributed by atoms with Gasteiger partial charge in [0.1, 0.15) is 22.7 Å². The molecule has 7 rings (SSSR count). The summed E-state index contributed by atoms with van der Waals surface area (Å²) in [5.41, 5.74) is 1.57. The van der Waals surface area contributed by atoms with Crippen molar-refractivity contribution in [3.05, 3.63) is 53.3 Å². The maximum Gasteiger partial charge on any atom is 0.289 e. The van der Waals surface area contributed by atoms with E-state index in [1.54, 1.807) is 39.8 Å². The quantitative estimate of drug-likeness (QED) is 0.301. The molecule has 4 fully saturated rings. The zero-order valence-electron chi connectivity index (χ0n) is 27.5. The van der Waals surface area contributed by atoms with Crippen LogP contribution in [0.25, 0.3) is 17.1 Å². The van der Waals surface area contributed by atoms with Crippen LogP contribution in [0.15, 0.2) is 36.4 Å². The van der Waals surface area contributed by atoms with Gasteiger partial charge in [0.05, 0.1) is 5.56 Å². The molecule has 5 unspecified atom stereocenters. The number of aromatic nitrogens is 3. The molecular formula is C35H43N5O6. The molecule has 3 saturated carbocycles. The van der Waals surface area contributed by atoms with Crippen LogP contribution < -0.4 is 5.32 Å². The molecule has 0 bridgehead atoms. The van der Waals surface area contributed by atoms with Crippen molar-refractivity contribution in [2.45, 2.75) is 83.7 Å². The Kier molecular flexibility index (Phi) is 6.68. The molecular weight excluding hydrogens is 586 g/mol. The van der Waals surface area contributed by atoms with E-state index in [0.29, 0.717) is 41.4 Å². The molecule has 3 aliphatic carbocycles. The van der Waals surface area contributed by atoms with E-state index in [1.165, 1.54) is 12.5 Å². The summed E-state index contributed by atoms with van der Waals surface area (Å²) in [6.07, 6.45) is 2.92. The van der Waals surface area contributed by atoms with Gasteiger partial charge in [0.15, 0.2) is 11.6 Å². The number of rotatable bonds is 9. The van der Waals surface area contributed by atoms with Gasteiger partial charge in [0.25, 0.3) is 11.8 Å². The minimum atomic E-state index is -0.634. The van der Waals surface area contributed by atoms with Gasteiger partial charge >= 0.3 is 0 Å². The van der Waals surface area contributed by atoms with Crippen molar-refractivity contribution >= 4 is 11.8 Å². The molecule has 3 N–H and O–H groups in total. The lowest BCUT2D eigenvalue weighted by atomic mass is 9.20. The molecule has 3 aromatic rings. The van der Waals surface area contributed by atoms with Crippen molar-refractivity contribution in [3.8, 4) is 28.6 Å². The lowest BCUT2D eigenvalue weighted by Gasteiger charge is -2.87. The fourth-order valence-corrected chi connectivity index (χ4v) is 9.18. The molecule has 244 valence electrons. The minimum absolute atomic E-state index is 0.0281. The van der Waals surface area contributed by atoms with E-state index >= 15 is 0 Å². The second-order valence-electron chi connectivity index (χ2n) is 14.4. The molecule has 2 aromatic carbocycles. The van der Waals surface area contributed by atoms with E-state index in [-0.39, 0.29) is 51.6 Å². The largest absolute Gasteiger partial charge is 0.508 e. The number of hydrogen-bond acceptors (Lipinski definition) is 8. The predicted molar refractivity (Wildman–Crippen MR) is 170 cm³/mol. The Bertz CT molecular complexity index is 1750. The average molecular weight is 630 g/mol. The van der Waals surface area contributed by atoms with Gasteiger partial charge in [0.2, 0.25) is 5.82 Å². The number of aromatic hydroxyl groups is 2. The number of nitrogens with one attached hydrogen (secondary N) is 1. The van der Waals surface area contributed by atoms with Crippen molar-refractivity contribution in [2.75, 3.05) is 20.1 Å². The molecule has 2 heterocycles. The van der Waals surface area contributed by atoms with Crippen molar-refractivity contribution in [1.29, 1.82) is 0 Å². The van der Waals surface area contributed by atoms with Crippen molar-refractivity contribution in [2.24, 2.45) is 17.3 Å². The van der Waals surface area contributed by atoms with Gasteiger partial charge in [0, 0.05) is 42.9 Å². The van der Waals surface area contributed by atoms with Gasteiger partial charge in [-0.15, -0.1) is 10.2 Å². The lowest BCUT2D eigenvalue weighted by Crippen LogP contribution is -2.93. The van der Waals surface area contributed by atoms with Gasteiger partial charge in [-0.25, -0.2) is 0 Å². The summed E-state index contributed by atoms with van der Waals surface area (Å²) < 4.78 is 14.8. The Hall–Kier alpha value is -3.96. The summed E-state index contributed by atoms with van der Waals surface area (Å²) in [7, 11) is 1.81. The van der Waals surface area contributed by atoms with Gasteiger partial charge in [-0.3, -0.25) is 14.2 Å². The Balaban J connectivity index is 1.14. The first-order chi connectivity index (χ1) is 21.7. The molecule has 1 aliphatic heterocycles. The van der Waals surface area contributed by atoms with Gasteiger partial charge in [-0.2, -0.15) is 0 Å². The van der Waals surface area contributed by atoms with Crippen LogP contribution in [0.4, 0.5) is 0 Å². The van der Waals surface area contributed by atoms with E-state index < -0.39 is 11.7 Å². The Morgan fingerprint density at radius 1 is 1.09 bits per heavy atom. The molecule has 2 amide bonds. The molecule has 1 spiro atoms. The topological polar surface area (TPSA) is 139 Å². The molecule has 1 aromatic heterocycles. The third-order valence-electron chi connectivity index (χ3n) is 11.3. The fraction of sp³-hybridized carbons (Fsp3) is 0.543.